The van der Waals surface area contributed by atoms with Crippen molar-refractivity contribution in [3.8, 4) is 0 Å². The quantitative estimate of drug-likeness (QED) is 0.925. The molecular weight excluding hydrogens is 256 g/mol. The van der Waals surface area contributed by atoms with Crippen molar-refractivity contribution in [2.75, 3.05) is 0 Å². The van der Waals surface area contributed by atoms with Gasteiger partial charge in [0.05, 0.1) is 5.69 Å². The number of imidazole rings is 1. The second-order valence-electron chi connectivity index (χ2n) is 5.48. The maximum atomic E-state index is 12.1. The molecule has 106 valence electrons. The highest BCUT2D eigenvalue weighted by Gasteiger charge is 2.22. The summed E-state index contributed by atoms with van der Waals surface area (Å²) in [4.78, 5) is 16.4. The molecule has 0 radical (unpaired) electrons. The third-order valence-electron chi connectivity index (χ3n) is 3.61. The Balaban J connectivity index is 1.64. The lowest BCUT2D eigenvalue weighted by Gasteiger charge is -2.24. The van der Waals surface area contributed by atoms with Crippen molar-refractivity contribution in [1.82, 2.24) is 20.0 Å². The molecule has 3 rings (SSSR count). The molecular formula is C14H18N4O2. The summed E-state index contributed by atoms with van der Waals surface area (Å²) in [5.74, 6) is 1.42. The fourth-order valence-electron chi connectivity index (χ4n) is 2.41. The van der Waals surface area contributed by atoms with E-state index in [-0.39, 0.29) is 23.6 Å². The molecule has 0 aromatic carbocycles. The average Bonchev–Trinajstić information content (AvgIpc) is 3.07. The predicted octanol–water partition coefficient (Wildman–Crippen LogP) is 1.74. The molecule has 1 aliphatic heterocycles. The molecule has 20 heavy (non-hydrogen) atoms. The number of carbonyl (C=O) groups excluding carboxylic acids is 1. The zero-order valence-corrected chi connectivity index (χ0v) is 11.7. The summed E-state index contributed by atoms with van der Waals surface area (Å²) in [6, 6.07) is 1.82. The molecule has 0 bridgehead atoms. The zero-order chi connectivity index (χ0) is 14.1. The minimum absolute atomic E-state index is 0.108. The first-order chi connectivity index (χ1) is 9.63. The molecule has 2 aromatic rings. The van der Waals surface area contributed by atoms with E-state index in [1.165, 1.54) is 0 Å². The van der Waals surface area contributed by atoms with E-state index < -0.39 is 0 Å². The van der Waals surface area contributed by atoms with Gasteiger partial charge < -0.3 is 14.4 Å². The molecule has 0 saturated heterocycles. The first-order valence-corrected chi connectivity index (χ1v) is 6.91. The van der Waals surface area contributed by atoms with Gasteiger partial charge in [0.15, 0.2) is 0 Å². The van der Waals surface area contributed by atoms with Crippen molar-refractivity contribution in [1.29, 1.82) is 0 Å². The number of aryl methyl sites for hydroxylation is 1. The summed E-state index contributed by atoms with van der Waals surface area (Å²) in [7, 11) is 0. The summed E-state index contributed by atoms with van der Waals surface area (Å²) in [6.45, 7) is 4.79. The number of fused-ring (bicyclic) bond motifs is 1. The lowest BCUT2D eigenvalue weighted by atomic mass is 10.1. The number of hydrogen-bond acceptors (Lipinski definition) is 4. The maximum Gasteiger partial charge on any atom is 0.290 e. The topological polar surface area (TPSA) is 73.0 Å². The Labute approximate surface area is 117 Å². The van der Waals surface area contributed by atoms with E-state index in [0.29, 0.717) is 0 Å². The second kappa shape index (κ2) is 5.11. The van der Waals surface area contributed by atoms with Crippen LogP contribution >= 0.6 is 0 Å². The molecule has 6 nitrogen and oxygen atoms in total. The highest BCUT2D eigenvalue weighted by atomic mass is 16.5. The third kappa shape index (κ3) is 2.45. The van der Waals surface area contributed by atoms with Crippen molar-refractivity contribution < 1.29 is 9.32 Å². The number of rotatable bonds is 3. The van der Waals surface area contributed by atoms with Crippen LogP contribution in [0.2, 0.25) is 0 Å². The van der Waals surface area contributed by atoms with E-state index in [0.717, 1.165) is 30.9 Å². The average molecular weight is 274 g/mol. The summed E-state index contributed by atoms with van der Waals surface area (Å²) in [6.07, 6.45) is 5.52. The minimum Gasteiger partial charge on any atom is -0.351 e. The van der Waals surface area contributed by atoms with E-state index in [4.69, 9.17) is 4.52 Å². The number of amides is 1. The second-order valence-corrected chi connectivity index (χ2v) is 5.48. The normalized spacial score (nSPS) is 18.1. The molecule has 1 atom stereocenters. The van der Waals surface area contributed by atoms with Gasteiger partial charge in [-0.15, -0.1) is 0 Å². The standard InChI is InChI=1S/C14H18N4O2/c1-9(2)11-7-12(20-17-11)14(19)16-10-3-4-13-15-5-6-18(13)8-10/h5-7,9-10H,3-4,8H2,1-2H3,(H,16,19)/t10-/m0/s1. The number of aromatic nitrogens is 3. The lowest BCUT2D eigenvalue weighted by molar-refractivity contribution is 0.0890. The van der Waals surface area contributed by atoms with Gasteiger partial charge in [-0.3, -0.25) is 4.79 Å². The van der Waals surface area contributed by atoms with Crippen LogP contribution in [-0.2, 0) is 13.0 Å². The van der Waals surface area contributed by atoms with Crippen molar-refractivity contribution in [2.45, 2.75) is 45.2 Å². The first kappa shape index (κ1) is 12.9. The molecule has 0 aliphatic carbocycles. The van der Waals surface area contributed by atoms with Crippen molar-refractivity contribution in [2.24, 2.45) is 0 Å². The van der Waals surface area contributed by atoms with E-state index in [9.17, 15) is 4.79 Å². The van der Waals surface area contributed by atoms with Gasteiger partial charge in [-0.25, -0.2) is 4.98 Å². The number of nitrogens with one attached hydrogen (secondary N) is 1. The maximum absolute atomic E-state index is 12.1. The highest BCUT2D eigenvalue weighted by molar-refractivity contribution is 5.91. The number of carbonyl (C=O) groups is 1. The molecule has 0 saturated carbocycles. The Kier molecular flexibility index (Phi) is 3.30. The summed E-state index contributed by atoms with van der Waals surface area (Å²) < 4.78 is 7.18. The summed E-state index contributed by atoms with van der Waals surface area (Å²) >= 11 is 0. The van der Waals surface area contributed by atoms with Crippen LogP contribution in [0.5, 0.6) is 0 Å². The fraction of sp³-hybridized carbons (Fsp3) is 0.500. The van der Waals surface area contributed by atoms with Gasteiger partial charge in [0.25, 0.3) is 5.91 Å². The number of hydrogen-bond donors (Lipinski definition) is 1. The van der Waals surface area contributed by atoms with Gasteiger partial charge in [0.2, 0.25) is 5.76 Å². The van der Waals surface area contributed by atoms with Crippen LogP contribution in [-0.4, -0.2) is 26.7 Å². The van der Waals surface area contributed by atoms with Crippen molar-refractivity contribution in [3.05, 3.63) is 35.7 Å². The first-order valence-electron chi connectivity index (χ1n) is 6.91. The highest BCUT2D eigenvalue weighted by Crippen LogP contribution is 2.16. The number of nitrogens with zero attached hydrogens (tertiary/aromatic N) is 3. The monoisotopic (exact) mass is 274 g/mol. The Bertz CT molecular complexity index is 614. The lowest BCUT2D eigenvalue weighted by Crippen LogP contribution is -2.40. The van der Waals surface area contributed by atoms with E-state index in [1.54, 1.807) is 12.3 Å². The van der Waals surface area contributed by atoms with Crippen LogP contribution < -0.4 is 5.32 Å². The van der Waals surface area contributed by atoms with Gasteiger partial charge in [-0.1, -0.05) is 19.0 Å². The molecule has 0 unspecified atom stereocenters. The zero-order valence-electron chi connectivity index (χ0n) is 11.7. The SMILES string of the molecule is CC(C)c1cc(C(=O)N[C@H]2CCc3nccn3C2)on1. The van der Waals surface area contributed by atoms with Crippen LogP contribution in [0.3, 0.4) is 0 Å². The predicted molar refractivity (Wildman–Crippen MR) is 72.4 cm³/mol. The minimum atomic E-state index is -0.196. The molecule has 1 N–H and O–H groups in total. The Hall–Kier alpha value is -2.11. The Morgan fingerprint density at radius 2 is 2.40 bits per heavy atom. The molecule has 0 fully saturated rings. The van der Waals surface area contributed by atoms with Gasteiger partial charge in [-0.05, 0) is 12.3 Å². The largest absolute Gasteiger partial charge is 0.351 e. The molecule has 1 amide bonds. The van der Waals surface area contributed by atoms with Gasteiger partial charge in [-0.2, -0.15) is 0 Å². The molecule has 3 heterocycles. The van der Waals surface area contributed by atoms with Gasteiger partial charge in [0.1, 0.15) is 5.82 Å². The van der Waals surface area contributed by atoms with Crippen LogP contribution in [0.4, 0.5) is 0 Å². The van der Waals surface area contributed by atoms with Crippen LogP contribution in [0.1, 0.15) is 48.3 Å². The Morgan fingerprint density at radius 1 is 1.55 bits per heavy atom. The fourth-order valence-corrected chi connectivity index (χ4v) is 2.41. The van der Waals surface area contributed by atoms with Crippen molar-refractivity contribution in [3.63, 3.8) is 0 Å². The molecule has 2 aromatic heterocycles. The van der Waals surface area contributed by atoms with Crippen LogP contribution in [0, 0.1) is 0 Å². The van der Waals surface area contributed by atoms with E-state index in [2.05, 4.69) is 20.0 Å². The Morgan fingerprint density at radius 3 is 3.15 bits per heavy atom. The van der Waals surface area contributed by atoms with Gasteiger partial charge in [0, 0.05) is 37.5 Å². The van der Waals surface area contributed by atoms with E-state index >= 15 is 0 Å². The smallest absolute Gasteiger partial charge is 0.290 e. The molecule has 1 aliphatic rings. The third-order valence-corrected chi connectivity index (χ3v) is 3.61. The van der Waals surface area contributed by atoms with Crippen molar-refractivity contribution >= 4 is 5.91 Å². The van der Waals surface area contributed by atoms with Gasteiger partial charge >= 0.3 is 0 Å². The molecule has 0 spiro atoms. The van der Waals surface area contributed by atoms with E-state index in [1.807, 2.05) is 20.0 Å². The molecule has 6 heteroatoms. The van der Waals surface area contributed by atoms with Crippen LogP contribution in [0.25, 0.3) is 0 Å². The summed E-state index contributed by atoms with van der Waals surface area (Å²) in [5, 5.41) is 6.90. The van der Waals surface area contributed by atoms with Crippen LogP contribution in [0.15, 0.2) is 23.0 Å². The summed E-state index contributed by atoms with van der Waals surface area (Å²) in [5.41, 5.74) is 0.802.